The van der Waals surface area contributed by atoms with E-state index in [0.29, 0.717) is 17.9 Å². The van der Waals surface area contributed by atoms with Gasteiger partial charge >= 0.3 is 5.97 Å². The summed E-state index contributed by atoms with van der Waals surface area (Å²) in [4.78, 5) is 24.0. The average molecular weight is 385 g/mol. The summed E-state index contributed by atoms with van der Waals surface area (Å²) in [5.41, 5.74) is 4.75. The Morgan fingerprint density at radius 3 is 2.29 bits per heavy atom. The number of hydrogen-bond donors (Lipinski definition) is 2. The van der Waals surface area contributed by atoms with Gasteiger partial charge in [0, 0.05) is 31.5 Å². The van der Waals surface area contributed by atoms with Crippen LogP contribution in [0.15, 0.2) is 6.20 Å². The van der Waals surface area contributed by atoms with Crippen LogP contribution in [0.5, 0.6) is 0 Å². The molecule has 28 heavy (non-hydrogen) atoms. The van der Waals surface area contributed by atoms with Crippen LogP contribution in [0.4, 0.5) is 5.69 Å². The number of nitrogens with zero attached hydrogens (tertiary/aromatic N) is 6. The standard InChI is InChI=1S/C18H23N7O3/c1-9-13(11(3)24(6)20-9)8-25-12(4)15(10(2)21-25)19-17(26)14-7-23(5)22-16(14)18(27)28/h7H,8H2,1-6H3,(H,19,26)(H,27,28). The third-order valence-electron chi connectivity index (χ3n) is 4.86. The van der Waals surface area contributed by atoms with Crippen molar-refractivity contribution in [3.05, 3.63) is 45.8 Å². The van der Waals surface area contributed by atoms with Gasteiger partial charge in [-0.2, -0.15) is 15.3 Å². The van der Waals surface area contributed by atoms with Gasteiger partial charge in [0.25, 0.3) is 5.91 Å². The maximum Gasteiger partial charge on any atom is 0.357 e. The van der Waals surface area contributed by atoms with E-state index in [1.807, 2.05) is 37.2 Å². The number of aromatic carboxylic acids is 1. The maximum absolute atomic E-state index is 12.7. The van der Waals surface area contributed by atoms with E-state index in [-0.39, 0.29) is 11.3 Å². The summed E-state index contributed by atoms with van der Waals surface area (Å²) in [7, 11) is 3.46. The number of nitrogens with one attached hydrogen (secondary N) is 1. The van der Waals surface area contributed by atoms with Crippen molar-refractivity contribution in [3.8, 4) is 0 Å². The Hall–Kier alpha value is -3.43. The number of carbonyl (C=O) groups is 2. The molecule has 0 atom stereocenters. The van der Waals surface area contributed by atoms with Crippen LogP contribution in [-0.2, 0) is 20.6 Å². The first-order chi connectivity index (χ1) is 13.1. The highest BCUT2D eigenvalue weighted by Gasteiger charge is 2.23. The Morgan fingerprint density at radius 1 is 1.04 bits per heavy atom. The molecule has 0 fully saturated rings. The first kappa shape index (κ1) is 19.3. The summed E-state index contributed by atoms with van der Waals surface area (Å²) >= 11 is 0. The van der Waals surface area contributed by atoms with Gasteiger partial charge in [-0.25, -0.2) is 4.79 Å². The lowest BCUT2D eigenvalue weighted by atomic mass is 10.2. The van der Waals surface area contributed by atoms with Crippen LogP contribution in [0.2, 0.25) is 0 Å². The predicted octanol–water partition coefficient (Wildman–Crippen LogP) is 1.58. The minimum absolute atomic E-state index is 0.000461. The van der Waals surface area contributed by atoms with Crippen LogP contribution in [0.1, 0.15) is 49.2 Å². The zero-order valence-corrected chi connectivity index (χ0v) is 16.7. The molecule has 3 heterocycles. The van der Waals surface area contributed by atoms with E-state index in [4.69, 9.17) is 0 Å². The van der Waals surface area contributed by atoms with Crippen molar-refractivity contribution in [1.29, 1.82) is 0 Å². The molecule has 3 aromatic heterocycles. The average Bonchev–Trinajstić information content (AvgIpc) is 3.21. The second-order valence-corrected chi connectivity index (χ2v) is 6.80. The van der Waals surface area contributed by atoms with Gasteiger partial charge < -0.3 is 10.4 Å². The molecule has 0 radical (unpaired) electrons. The van der Waals surface area contributed by atoms with Gasteiger partial charge in [-0.1, -0.05) is 0 Å². The lowest BCUT2D eigenvalue weighted by Crippen LogP contribution is -2.16. The number of anilines is 1. The molecular formula is C18H23N7O3. The molecule has 0 aliphatic carbocycles. The van der Waals surface area contributed by atoms with Gasteiger partial charge in [0.05, 0.1) is 34.9 Å². The van der Waals surface area contributed by atoms with Crippen molar-refractivity contribution in [2.75, 3.05) is 5.32 Å². The summed E-state index contributed by atoms with van der Waals surface area (Å²) in [6, 6.07) is 0. The number of aryl methyl sites for hydroxylation is 4. The predicted molar refractivity (Wildman–Crippen MR) is 102 cm³/mol. The number of carboxylic acids is 1. The van der Waals surface area contributed by atoms with Gasteiger partial charge in [0.2, 0.25) is 0 Å². The monoisotopic (exact) mass is 385 g/mol. The highest BCUT2D eigenvalue weighted by atomic mass is 16.4. The van der Waals surface area contributed by atoms with E-state index in [0.717, 1.165) is 22.6 Å². The van der Waals surface area contributed by atoms with Gasteiger partial charge in [-0.3, -0.25) is 18.8 Å². The van der Waals surface area contributed by atoms with Crippen molar-refractivity contribution in [3.63, 3.8) is 0 Å². The summed E-state index contributed by atoms with van der Waals surface area (Å²) in [5, 5.41) is 24.8. The minimum atomic E-state index is -1.25. The van der Waals surface area contributed by atoms with E-state index in [9.17, 15) is 14.7 Å². The highest BCUT2D eigenvalue weighted by molar-refractivity contribution is 6.10. The van der Waals surface area contributed by atoms with E-state index < -0.39 is 11.9 Å². The maximum atomic E-state index is 12.7. The van der Waals surface area contributed by atoms with Crippen molar-refractivity contribution in [1.82, 2.24) is 29.3 Å². The largest absolute Gasteiger partial charge is 0.476 e. The third kappa shape index (κ3) is 3.28. The summed E-state index contributed by atoms with van der Waals surface area (Å²) in [5.74, 6) is -1.79. The van der Waals surface area contributed by atoms with E-state index in [1.165, 1.54) is 10.9 Å². The Morgan fingerprint density at radius 2 is 1.71 bits per heavy atom. The smallest absolute Gasteiger partial charge is 0.357 e. The molecule has 0 aliphatic rings. The van der Waals surface area contributed by atoms with Crippen LogP contribution in [0.25, 0.3) is 0 Å². The number of amides is 1. The van der Waals surface area contributed by atoms with Crippen LogP contribution in [-0.4, -0.2) is 46.3 Å². The molecule has 1 amide bonds. The molecule has 3 rings (SSSR count). The molecule has 0 saturated carbocycles. The molecule has 0 spiro atoms. The zero-order chi connectivity index (χ0) is 20.7. The molecule has 148 valence electrons. The van der Waals surface area contributed by atoms with Crippen LogP contribution >= 0.6 is 0 Å². The zero-order valence-electron chi connectivity index (χ0n) is 16.7. The van der Waals surface area contributed by atoms with Gasteiger partial charge in [-0.05, 0) is 27.7 Å². The number of carboxylic acid groups (broad SMARTS) is 1. The van der Waals surface area contributed by atoms with E-state index in [1.54, 1.807) is 14.0 Å². The highest BCUT2D eigenvalue weighted by Crippen LogP contribution is 2.23. The van der Waals surface area contributed by atoms with E-state index in [2.05, 4.69) is 20.6 Å². The van der Waals surface area contributed by atoms with Crippen LogP contribution < -0.4 is 5.32 Å². The first-order valence-electron chi connectivity index (χ1n) is 8.71. The lowest BCUT2D eigenvalue weighted by Gasteiger charge is -2.07. The molecular weight excluding hydrogens is 362 g/mol. The topological polar surface area (TPSA) is 120 Å². The molecule has 10 heteroatoms. The Bertz CT molecular complexity index is 1090. The number of hydrogen-bond acceptors (Lipinski definition) is 5. The van der Waals surface area contributed by atoms with Gasteiger partial charge in [-0.15, -0.1) is 0 Å². The Balaban J connectivity index is 1.90. The lowest BCUT2D eigenvalue weighted by molar-refractivity contribution is 0.0685. The molecule has 0 aliphatic heterocycles. The molecule has 0 bridgehead atoms. The molecule has 0 aromatic carbocycles. The fourth-order valence-corrected chi connectivity index (χ4v) is 3.22. The second kappa shape index (κ2) is 6.95. The second-order valence-electron chi connectivity index (χ2n) is 6.80. The number of rotatable bonds is 5. The number of carbonyl (C=O) groups excluding carboxylic acids is 1. The quantitative estimate of drug-likeness (QED) is 0.688. The van der Waals surface area contributed by atoms with Crippen LogP contribution in [0.3, 0.4) is 0 Å². The van der Waals surface area contributed by atoms with Crippen molar-refractivity contribution >= 4 is 17.6 Å². The minimum Gasteiger partial charge on any atom is -0.476 e. The summed E-state index contributed by atoms with van der Waals surface area (Å²) in [6.07, 6.45) is 1.39. The molecule has 2 N–H and O–H groups in total. The fourth-order valence-electron chi connectivity index (χ4n) is 3.22. The van der Waals surface area contributed by atoms with Gasteiger partial charge in [0.15, 0.2) is 5.69 Å². The van der Waals surface area contributed by atoms with E-state index >= 15 is 0 Å². The molecule has 3 aromatic rings. The van der Waals surface area contributed by atoms with Crippen molar-refractivity contribution < 1.29 is 14.7 Å². The Labute approximate surface area is 161 Å². The van der Waals surface area contributed by atoms with Crippen LogP contribution in [0, 0.1) is 27.7 Å². The fraction of sp³-hybridized carbons (Fsp3) is 0.389. The molecule has 0 unspecified atom stereocenters. The normalized spacial score (nSPS) is 11.1. The van der Waals surface area contributed by atoms with Gasteiger partial charge in [0.1, 0.15) is 0 Å². The van der Waals surface area contributed by atoms with Crippen molar-refractivity contribution in [2.45, 2.75) is 34.2 Å². The number of aromatic nitrogens is 6. The van der Waals surface area contributed by atoms with Crippen molar-refractivity contribution in [2.24, 2.45) is 14.1 Å². The Kier molecular flexibility index (Phi) is 4.80. The third-order valence-corrected chi connectivity index (χ3v) is 4.86. The summed E-state index contributed by atoms with van der Waals surface area (Å²) < 4.78 is 4.94. The first-order valence-corrected chi connectivity index (χ1v) is 8.71. The molecule has 0 saturated heterocycles. The SMILES string of the molecule is Cc1nn(C)c(C)c1Cn1nc(C)c(NC(=O)c2cn(C)nc2C(=O)O)c1C. The molecule has 10 nitrogen and oxygen atoms in total. The summed E-state index contributed by atoms with van der Waals surface area (Å²) in [6.45, 7) is 8.13.